The number of amides is 2. The van der Waals surface area contributed by atoms with Gasteiger partial charge in [-0.15, -0.1) is 0 Å². The molecule has 0 unspecified atom stereocenters. The van der Waals surface area contributed by atoms with E-state index < -0.39 is 0 Å². The smallest absolute Gasteiger partial charge is 0.340 e. The van der Waals surface area contributed by atoms with Crippen LogP contribution < -0.4 is 4.74 Å². The van der Waals surface area contributed by atoms with Gasteiger partial charge in [0.2, 0.25) is 0 Å². The molecule has 5 nitrogen and oxygen atoms in total. The first-order chi connectivity index (χ1) is 12.6. The normalized spacial score (nSPS) is 20.7. The molecule has 0 aliphatic carbocycles. The van der Waals surface area contributed by atoms with Crippen molar-refractivity contribution in [3.8, 4) is 5.75 Å². The van der Waals surface area contributed by atoms with Crippen LogP contribution in [0.25, 0.3) is 0 Å². The molecular formula is C20H20FN3O2. The second-order valence-electron chi connectivity index (χ2n) is 6.54. The highest BCUT2D eigenvalue weighted by molar-refractivity contribution is 6.07. The van der Waals surface area contributed by atoms with Crippen molar-refractivity contribution in [2.75, 3.05) is 20.2 Å². The van der Waals surface area contributed by atoms with E-state index in [1.807, 2.05) is 37.3 Å². The summed E-state index contributed by atoms with van der Waals surface area (Å²) in [6.07, 6.45) is 0. The van der Waals surface area contributed by atoms with Gasteiger partial charge in [-0.05, 0) is 30.7 Å². The van der Waals surface area contributed by atoms with E-state index in [1.165, 1.54) is 17.1 Å². The zero-order valence-corrected chi connectivity index (χ0v) is 14.7. The fourth-order valence-electron chi connectivity index (χ4n) is 3.50. The molecule has 0 radical (unpaired) electrons. The van der Waals surface area contributed by atoms with E-state index in [4.69, 9.17) is 4.74 Å². The van der Waals surface area contributed by atoms with Crippen molar-refractivity contribution in [2.45, 2.75) is 13.0 Å². The zero-order chi connectivity index (χ0) is 18.3. The van der Waals surface area contributed by atoms with Crippen molar-refractivity contribution in [2.24, 2.45) is 11.0 Å². The van der Waals surface area contributed by atoms with Gasteiger partial charge in [-0.2, -0.15) is 5.10 Å². The minimum atomic E-state index is -0.345. The average molecular weight is 353 g/mol. The summed E-state index contributed by atoms with van der Waals surface area (Å²) in [4.78, 5) is 14.5. The molecule has 0 bridgehead atoms. The second-order valence-corrected chi connectivity index (χ2v) is 6.54. The van der Waals surface area contributed by atoms with E-state index in [1.54, 1.807) is 18.0 Å². The Balaban J connectivity index is 1.81. The maximum absolute atomic E-state index is 13.8. The van der Waals surface area contributed by atoms with E-state index in [0.717, 1.165) is 5.56 Å². The van der Waals surface area contributed by atoms with Crippen molar-refractivity contribution in [1.29, 1.82) is 0 Å². The first-order valence-corrected chi connectivity index (χ1v) is 8.70. The topological polar surface area (TPSA) is 45.1 Å². The molecule has 6 heteroatoms. The van der Waals surface area contributed by atoms with Gasteiger partial charge in [0.1, 0.15) is 11.6 Å². The summed E-state index contributed by atoms with van der Waals surface area (Å²) >= 11 is 0. The minimum Gasteiger partial charge on any atom is -0.492 e. The number of urea groups is 1. The number of rotatable bonds is 2. The molecule has 2 amide bonds. The van der Waals surface area contributed by atoms with Gasteiger partial charge in [-0.3, -0.25) is 0 Å². The number of nitrogens with zero attached hydrogens (tertiary/aromatic N) is 3. The standard InChI is InChI=1S/C20H20FN3O2/c1-3-23(2)20(25)24-19(13-7-5-4-6-8-13)16-12-26-17-10-9-14(21)11-15(17)18(16)22-24/h4-11,16,19H,3,12H2,1-2H3/t16-,19+/m0/s1. The molecule has 26 heavy (non-hydrogen) atoms. The Labute approximate surface area is 151 Å². The molecule has 2 aliphatic heterocycles. The highest BCUT2D eigenvalue weighted by atomic mass is 19.1. The van der Waals surface area contributed by atoms with Gasteiger partial charge in [-0.1, -0.05) is 30.3 Å². The van der Waals surface area contributed by atoms with Gasteiger partial charge in [0.25, 0.3) is 0 Å². The fourth-order valence-corrected chi connectivity index (χ4v) is 3.50. The third-order valence-corrected chi connectivity index (χ3v) is 4.99. The van der Waals surface area contributed by atoms with Gasteiger partial charge in [0.15, 0.2) is 0 Å². The number of hydrogen-bond acceptors (Lipinski definition) is 3. The van der Waals surface area contributed by atoms with E-state index in [9.17, 15) is 9.18 Å². The van der Waals surface area contributed by atoms with Crippen LogP contribution in [-0.2, 0) is 0 Å². The largest absolute Gasteiger partial charge is 0.492 e. The van der Waals surface area contributed by atoms with E-state index >= 15 is 0 Å². The fraction of sp³-hybridized carbons (Fsp3) is 0.300. The van der Waals surface area contributed by atoms with Crippen LogP contribution in [0, 0.1) is 11.7 Å². The average Bonchev–Trinajstić information content (AvgIpc) is 3.07. The second kappa shape index (κ2) is 6.44. The predicted molar refractivity (Wildman–Crippen MR) is 96.6 cm³/mol. The van der Waals surface area contributed by atoms with Crippen LogP contribution in [0.3, 0.4) is 0 Å². The van der Waals surface area contributed by atoms with Crippen molar-refractivity contribution in [3.05, 3.63) is 65.5 Å². The van der Waals surface area contributed by atoms with E-state index in [2.05, 4.69) is 5.10 Å². The number of hydrogen-bond donors (Lipinski definition) is 0. The highest BCUT2D eigenvalue weighted by Crippen LogP contribution is 2.42. The molecule has 4 rings (SSSR count). The molecule has 2 atom stereocenters. The van der Waals surface area contributed by atoms with Crippen molar-refractivity contribution in [3.63, 3.8) is 0 Å². The Morgan fingerprint density at radius 2 is 2.08 bits per heavy atom. The van der Waals surface area contributed by atoms with Crippen LogP contribution in [0.4, 0.5) is 9.18 Å². The van der Waals surface area contributed by atoms with E-state index in [-0.39, 0.29) is 23.8 Å². The Kier molecular flexibility index (Phi) is 4.11. The van der Waals surface area contributed by atoms with Crippen LogP contribution in [0.15, 0.2) is 53.6 Å². The number of carbonyl (C=O) groups excluding carboxylic acids is 1. The molecule has 0 saturated carbocycles. The number of hydrazone groups is 1. The number of benzene rings is 2. The molecule has 134 valence electrons. The molecule has 2 aromatic carbocycles. The predicted octanol–water partition coefficient (Wildman–Crippen LogP) is 3.67. The first kappa shape index (κ1) is 16.6. The third kappa shape index (κ3) is 2.62. The molecule has 2 aromatic rings. The SMILES string of the molecule is CCN(C)C(=O)N1N=C2c3cc(F)ccc3OC[C@@H]2[C@H]1c1ccccc1. The summed E-state index contributed by atoms with van der Waals surface area (Å²) < 4.78 is 19.7. The Hall–Kier alpha value is -2.89. The molecule has 0 fully saturated rings. The van der Waals surface area contributed by atoms with Gasteiger partial charge in [0.05, 0.1) is 24.3 Å². The van der Waals surface area contributed by atoms with Gasteiger partial charge < -0.3 is 9.64 Å². The Bertz CT molecular complexity index is 869. The zero-order valence-electron chi connectivity index (χ0n) is 14.7. The van der Waals surface area contributed by atoms with Crippen molar-refractivity contribution >= 4 is 11.7 Å². The van der Waals surface area contributed by atoms with Crippen LogP contribution in [-0.4, -0.2) is 41.9 Å². The highest BCUT2D eigenvalue weighted by Gasteiger charge is 2.45. The minimum absolute atomic E-state index is 0.138. The molecule has 0 aromatic heterocycles. The Morgan fingerprint density at radius 3 is 2.81 bits per heavy atom. The van der Waals surface area contributed by atoms with Crippen molar-refractivity contribution < 1.29 is 13.9 Å². The molecule has 0 N–H and O–H groups in total. The summed E-state index contributed by atoms with van der Waals surface area (Å²) in [5.41, 5.74) is 2.31. The maximum atomic E-state index is 13.8. The van der Waals surface area contributed by atoms with Gasteiger partial charge in [0, 0.05) is 19.2 Å². The van der Waals surface area contributed by atoms with Crippen molar-refractivity contribution in [1.82, 2.24) is 9.91 Å². The maximum Gasteiger partial charge on any atom is 0.340 e. The number of fused-ring (bicyclic) bond motifs is 3. The van der Waals surface area contributed by atoms with Gasteiger partial charge in [-0.25, -0.2) is 14.2 Å². The number of ether oxygens (including phenoxy) is 1. The third-order valence-electron chi connectivity index (χ3n) is 4.99. The van der Waals surface area contributed by atoms with Crippen LogP contribution in [0.5, 0.6) is 5.75 Å². The van der Waals surface area contributed by atoms with Crippen LogP contribution >= 0.6 is 0 Å². The summed E-state index contributed by atoms with van der Waals surface area (Å²) in [6.45, 7) is 2.89. The Morgan fingerprint density at radius 1 is 1.31 bits per heavy atom. The lowest BCUT2D eigenvalue weighted by Gasteiger charge is -2.31. The van der Waals surface area contributed by atoms with Crippen LogP contribution in [0.2, 0.25) is 0 Å². The molecule has 0 saturated heterocycles. The first-order valence-electron chi connectivity index (χ1n) is 8.70. The lowest BCUT2D eigenvalue weighted by molar-refractivity contribution is 0.135. The molecule has 0 spiro atoms. The monoisotopic (exact) mass is 353 g/mol. The lowest BCUT2D eigenvalue weighted by atomic mass is 9.86. The number of halogens is 1. The summed E-state index contributed by atoms with van der Waals surface area (Å²) in [5, 5.41) is 6.15. The summed E-state index contributed by atoms with van der Waals surface area (Å²) in [7, 11) is 1.75. The summed E-state index contributed by atoms with van der Waals surface area (Å²) in [6, 6.07) is 13.7. The molecule has 2 aliphatic rings. The van der Waals surface area contributed by atoms with E-state index in [0.29, 0.717) is 30.2 Å². The number of carbonyl (C=O) groups is 1. The molecular weight excluding hydrogens is 333 g/mol. The quantitative estimate of drug-likeness (QED) is 0.827. The molecule has 2 heterocycles. The summed E-state index contributed by atoms with van der Waals surface area (Å²) in [5.74, 6) is 0.120. The lowest BCUT2D eigenvalue weighted by Crippen LogP contribution is -2.41. The van der Waals surface area contributed by atoms with Gasteiger partial charge >= 0.3 is 6.03 Å². The van der Waals surface area contributed by atoms with Crippen LogP contribution in [0.1, 0.15) is 24.1 Å².